The summed E-state index contributed by atoms with van der Waals surface area (Å²) < 4.78 is 33.1. The topological polar surface area (TPSA) is 49.9 Å². The highest BCUT2D eigenvalue weighted by Crippen LogP contribution is 2.35. The third kappa shape index (κ3) is 5.06. The molecule has 0 aliphatic carbocycles. The zero-order valence-electron chi connectivity index (χ0n) is 13.5. The van der Waals surface area contributed by atoms with Crippen LogP contribution >= 0.6 is 39.1 Å². The van der Waals surface area contributed by atoms with Gasteiger partial charge in [0.05, 0.1) is 10.0 Å². The Morgan fingerprint density at radius 1 is 1.17 bits per heavy atom. The molecule has 0 aromatic heterocycles. The van der Waals surface area contributed by atoms with Crippen LogP contribution in [0.25, 0.3) is 0 Å². The second-order valence-corrected chi connectivity index (χ2v) is 9.25. The molecule has 5 nitrogen and oxygen atoms in total. The van der Waals surface area contributed by atoms with Gasteiger partial charge >= 0.3 is 0 Å². The smallest absolute Gasteiger partial charge is 0.246 e. The van der Waals surface area contributed by atoms with E-state index in [1.165, 1.54) is 4.31 Å². The maximum absolute atomic E-state index is 13.0. The molecule has 9 heteroatoms. The lowest BCUT2D eigenvalue weighted by atomic mass is 10.3. The van der Waals surface area contributed by atoms with Gasteiger partial charge in [-0.05, 0) is 31.5 Å². The molecule has 1 aliphatic rings. The molecular weight excluding hydrogens is 439 g/mol. The molecule has 1 aliphatic heterocycles. The zero-order chi connectivity index (χ0) is 17.7. The van der Waals surface area contributed by atoms with Gasteiger partial charge in [-0.2, -0.15) is 4.31 Å². The van der Waals surface area contributed by atoms with Crippen molar-refractivity contribution in [2.45, 2.75) is 17.7 Å². The molecule has 1 aromatic rings. The Morgan fingerprint density at radius 2 is 1.83 bits per heavy atom. The predicted octanol–water partition coefficient (Wildman–Crippen LogP) is 3.49. The molecule has 1 heterocycles. The Labute approximate surface area is 162 Å². The van der Waals surface area contributed by atoms with E-state index in [9.17, 15) is 8.42 Å². The van der Waals surface area contributed by atoms with Gasteiger partial charge in [0.15, 0.2) is 0 Å². The van der Waals surface area contributed by atoms with E-state index in [2.05, 4.69) is 20.8 Å². The molecular formula is C15H21BrCl2N2O3S. The first kappa shape index (κ1) is 20.4. The maximum Gasteiger partial charge on any atom is 0.246 e. The number of methoxy groups -OCH3 is 1. The van der Waals surface area contributed by atoms with Crippen molar-refractivity contribution in [1.29, 1.82) is 0 Å². The van der Waals surface area contributed by atoms with Gasteiger partial charge in [-0.15, -0.1) is 0 Å². The third-order valence-electron chi connectivity index (χ3n) is 3.93. The van der Waals surface area contributed by atoms with E-state index in [1.807, 2.05) is 0 Å². The average Bonchev–Trinajstić information content (AvgIpc) is 2.72. The van der Waals surface area contributed by atoms with Crippen LogP contribution in [0.5, 0.6) is 0 Å². The van der Waals surface area contributed by atoms with E-state index in [4.69, 9.17) is 27.9 Å². The van der Waals surface area contributed by atoms with Crippen LogP contribution in [0, 0.1) is 0 Å². The zero-order valence-corrected chi connectivity index (χ0v) is 17.4. The van der Waals surface area contributed by atoms with E-state index in [0.29, 0.717) is 30.7 Å². The molecule has 0 N–H and O–H groups in total. The summed E-state index contributed by atoms with van der Waals surface area (Å²) in [6, 6.07) is 3.10. The van der Waals surface area contributed by atoms with Crippen molar-refractivity contribution in [2.75, 3.05) is 46.4 Å². The van der Waals surface area contributed by atoms with Gasteiger partial charge in [0, 0.05) is 44.4 Å². The quantitative estimate of drug-likeness (QED) is 0.611. The number of nitrogens with zero attached hydrogens (tertiary/aromatic N) is 2. The normalized spacial score (nSPS) is 17.8. The summed E-state index contributed by atoms with van der Waals surface area (Å²) in [4.78, 5) is 2.25. The second kappa shape index (κ2) is 9.16. The molecule has 2 rings (SSSR count). The van der Waals surface area contributed by atoms with Crippen LogP contribution in [-0.4, -0.2) is 64.1 Å². The molecule has 0 unspecified atom stereocenters. The minimum absolute atomic E-state index is 0.0122. The average molecular weight is 460 g/mol. The molecule has 24 heavy (non-hydrogen) atoms. The Kier molecular flexibility index (Phi) is 7.80. The standard InChI is InChI=1S/C15H21BrCl2N2O3S/c1-23-9-3-5-19-4-2-6-20(8-7-19)24(21,22)15-13(17)10-12(16)11-14(15)18/h10-11H,2-9H2,1H3. The summed E-state index contributed by atoms with van der Waals surface area (Å²) in [5.74, 6) is 0. The van der Waals surface area contributed by atoms with Crippen LogP contribution in [-0.2, 0) is 14.8 Å². The van der Waals surface area contributed by atoms with E-state index in [1.54, 1.807) is 19.2 Å². The minimum atomic E-state index is -3.71. The van der Waals surface area contributed by atoms with E-state index in [0.717, 1.165) is 25.9 Å². The van der Waals surface area contributed by atoms with Crippen molar-refractivity contribution in [3.63, 3.8) is 0 Å². The number of hydrogen-bond acceptors (Lipinski definition) is 4. The Bertz CT molecular complexity index is 650. The highest BCUT2D eigenvalue weighted by Gasteiger charge is 2.30. The molecule has 1 saturated heterocycles. The summed E-state index contributed by atoms with van der Waals surface area (Å²) in [6.07, 6.45) is 1.71. The van der Waals surface area contributed by atoms with E-state index >= 15 is 0 Å². The number of ether oxygens (including phenoxy) is 1. The molecule has 1 fully saturated rings. The fraction of sp³-hybridized carbons (Fsp3) is 0.600. The van der Waals surface area contributed by atoms with Crippen LogP contribution in [0.3, 0.4) is 0 Å². The largest absolute Gasteiger partial charge is 0.385 e. The molecule has 0 amide bonds. The van der Waals surface area contributed by atoms with Crippen molar-refractivity contribution in [2.24, 2.45) is 0 Å². The number of sulfonamides is 1. The first-order chi connectivity index (χ1) is 11.4. The highest BCUT2D eigenvalue weighted by atomic mass is 79.9. The molecule has 0 saturated carbocycles. The van der Waals surface area contributed by atoms with Crippen LogP contribution < -0.4 is 0 Å². The molecule has 0 bridgehead atoms. The van der Waals surface area contributed by atoms with Crippen molar-refractivity contribution < 1.29 is 13.2 Å². The number of rotatable bonds is 6. The van der Waals surface area contributed by atoms with E-state index < -0.39 is 10.0 Å². The lowest BCUT2D eigenvalue weighted by molar-refractivity contribution is 0.173. The fourth-order valence-electron chi connectivity index (χ4n) is 2.75. The molecule has 0 radical (unpaired) electrons. The maximum atomic E-state index is 13.0. The van der Waals surface area contributed by atoms with Gasteiger partial charge in [-0.3, -0.25) is 0 Å². The van der Waals surface area contributed by atoms with Crippen molar-refractivity contribution in [3.05, 3.63) is 26.7 Å². The molecule has 0 atom stereocenters. The summed E-state index contributed by atoms with van der Waals surface area (Å²) in [7, 11) is -2.03. The Hall–Kier alpha value is 0.110. The summed E-state index contributed by atoms with van der Waals surface area (Å²) in [5.41, 5.74) is 0. The summed E-state index contributed by atoms with van der Waals surface area (Å²) >= 11 is 15.6. The number of benzene rings is 1. The Balaban J connectivity index is 2.13. The van der Waals surface area contributed by atoms with Gasteiger partial charge in [0.25, 0.3) is 0 Å². The highest BCUT2D eigenvalue weighted by molar-refractivity contribution is 9.10. The minimum Gasteiger partial charge on any atom is -0.385 e. The van der Waals surface area contributed by atoms with Gasteiger partial charge in [-0.1, -0.05) is 39.1 Å². The van der Waals surface area contributed by atoms with Crippen molar-refractivity contribution >= 4 is 49.2 Å². The lowest BCUT2D eigenvalue weighted by Crippen LogP contribution is -2.35. The van der Waals surface area contributed by atoms with Gasteiger partial charge in [0.1, 0.15) is 4.90 Å². The van der Waals surface area contributed by atoms with Gasteiger partial charge in [-0.25, -0.2) is 8.42 Å². The van der Waals surface area contributed by atoms with Crippen LogP contribution in [0.15, 0.2) is 21.5 Å². The first-order valence-electron chi connectivity index (χ1n) is 7.72. The van der Waals surface area contributed by atoms with Gasteiger partial charge in [0.2, 0.25) is 10.0 Å². The van der Waals surface area contributed by atoms with Gasteiger partial charge < -0.3 is 9.64 Å². The number of halogens is 3. The molecule has 136 valence electrons. The van der Waals surface area contributed by atoms with Crippen LogP contribution in [0.2, 0.25) is 10.0 Å². The van der Waals surface area contributed by atoms with Crippen molar-refractivity contribution in [1.82, 2.24) is 9.21 Å². The first-order valence-corrected chi connectivity index (χ1v) is 10.7. The predicted molar refractivity (Wildman–Crippen MR) is 100 cm³/mol. The number of hydrogen-bond donors (Lipinski definition) is 0. The third-order valence-corrected chi connectivity index (χ3v) is 7.21. The SMILES string of the molecule is COCCCN1CCCN(S(=O)(=O)c2c(Cl)cc(Br)cc2Cl)CC1. The lowest BCUT2D eigenvalue weighted by Gasteiger charge is -2.22. The van der Waals surface area contributed by atoms with Crippen molar-refractivity contribution in [3.8, 4) is 0 Å². The summed E-state index contributed by atoms with van der Waals surface area (Å²) in [6.45, 7) is 4.07. The Morgan fingerprint density at radius 3 is 2.46 bits per heavy atom. The van der Waals surface area contributed by atoms with Crippen LogP contribution in [0.4, 0.5) is 0 Å². The monoisotopic (exact) mass is 458 g/mol. The molecule has 1 aromatic carbocycles. The van der Waals surface area contributed by atoms with E-state index in [-0.39, 0.29) is 14.9 Å². The fourth-order valence-corrected chi connectivity index (χ4v) is 6.10. The summed E-state index contributed by atoms with van der Waals surface area (Å²) in [5, 5.41) is 0.270. The second-order valence-electron chi connectivity index (χ2n) is 5.64. The van der Waals surface area contributed by atoms with Crippen LogP contribution in [0.1, 0.15) is 12.8 Å². The molecule has 0 spiro atoms.